The van der Waals surface area contributed by atoms with E-state index in [1.165, 1.54) is 31.2 Å². The predicted octanol–water partition coefficient (Wildman–Crippen LogP) is 2.84. The summed E-state index contributed by atoms with van der Waals surface area (Å²) < 4.78 is 10.7. The van der Waals surface area contributed by atoms with Gasteiger partial charge in [-0.05, 0) is 50.4 Å². The number of methoxy groups -OCH3 is 2. The van der Waals surface area contributed by atoms with E-state index in [2.05, 4.69) is 29.4 Å². The molecule has 2 fully saturated rings. The summed E-state index contributed by atoms with van der Waals surface area (Å²) in [7, 11) is 5.64. The van der Waals surface area contributed by atoms with Crippen molar-refractivity contribution in [1.29, 1.82) is 0 Å². The lowest BCUT2D eigenvalue weighted by molar-refractivity contribution is 0.165. The average Bonchev–Trinajstić information content (AvgIpc) is 2.84. The number of fused-ring (bicyclic) bond motifs is 2. The number of benzene rings is 1. The quantitative estimate of drug-likeness (QED) is 0.902. The lowest BCUT2D eigenvalue weighted by atomic mass is 9.98. The van der Waals surface area contributed by atoms with Crippen LogP contribution >= 0.6 is 12.4 Å². The first-order valence-corrected chi connectivity index (χ1v) is 7.86. The van der Waals surface area contributed by atoms with Crippen LogP contribution in [0.5, 0.6) is 11.5 Å². The Kier molecular flexibility index (Phi) is 5.95. The zero-order valence-electron chi connectivity index (χ0n) is 13.7. The van der Waals surface area contributed by atoms with Gasteiger partial charge in [-0.1, -0.05) is 0 Å². The molecular formula is C17H27ClN2O2. The zero-order chi connectivity index (χ0) is 14.8. The summed E-state index contributed by atoms with van der Waals surface area (Å²) in [6.07, 6.45) is 5.24. The van der Waals surface area contributed by atoms with Gasteiger partial charge in [0.1, 0.15) is 11.5 Å². The Hall–Kier alpha value is -0.970. The van der Waals surface area contributed by atoms with Crippen molar-refractivity contribution in [2.75, 3.05) is 21.3 Å². The molecule has 0 amide bonds. The van der Waals surface area contributed by atoms with Crippen molar-refractivity contribution in [3.63, 3.8) is 0 Å². The van der Waals surface area contributed by atoms with E-state index < -0.39 is 0 Å². The van der Waals surface area contributed by atoms with Crippen molar-refractivity contribution in [2.24, 2.45) is 0 Å². The van der Waals surface area contributed by atoms with Gasteiger partial charge in [0, 0.05) is 30.7 Å². The van der Waals surface area contributed by atoms with Gasteiger partial charge < -0.3 is 14.8 Å². The second-order valence-corrected chi connectivity index (χ2v) is 6.40. The van der Waals surface area contributed by atoms with Crippen molar-refractivity contribution in [1.82, 2.24) is 10.2 Å². The summed E-state index contributed by atoms with van der Waals surface area (Å²) in [5, 5.41) is 3.71. The minimum absolute atomic E-state index is 0. The fourth-order valence-corrected chi connectivity index (χ4v) is 3.76. The Morgan fingerprint density at radius 3 is 2.09 bits per heavy atom. The molecule has 0 saturated carbocycles. The van der Waals surface area contributed by atoms with Gasteiger partial charge in [-0.15, -0.1) is 12.4 Å². The molecule has 1 aromatic carbocycles. The lowest BCUT2D eigenvalue weighted by Gasteiger charge is -2.35. The molecule has 0 spiro atoms. The second kappa shape index (κ2) is 7.53. The Morgan fingerprint density at radius 1 is 1.05 bits per heavy atom. The van der Waals surface area contributed by atoms with Crippen LogP contribution in [0.3, 0.4) is 0 Å². The molecule has 22 heavy (non-hydrogen) atoms. The van der Waals surface area contributed by atoms with E-state index in [9.17, 15) is 0 Å². The molecule has 2 aliphatic heterocycles. The highest BCUT2D eigenvalue weighted by atomic mass is 35.5. The third kappa shape index (κ3) is 3.86. The number of piperidine rings is 1. The lowest BCUT2D eigenvalue weighted by Crippen LogP contribution is -2.46. The minimum Gasteiger partial charge on any atom is -0.497 e. The highest BCUT2D eigenvalue weighted by molar-refractivity contribution is 5.85. The third-order valence-electron chi connectivity index (χ3n) is 4.91. The Morgan fingerprint density at radius 2 is 1.59 bits per heavy atom. The van der Waals surface area contributed by atoms with Crippen LogP contribution in [-0.4, -0.2) is 44.3 Å². The van der Waals surface area contributed by atoms with Crippen LogP contribution < -0.4 is 14.8 Å². The highest BCUT2D eigenvalue weighted by Gasteiger charge is 2.34. The van der Waals surface area contributed by atoms with Gasteiger partial charge in [0.2, 0.25) is 0 Å². The number of halogens is 1. The van der Waals surface area contributed by atoms with E-state index in [0.717, 1.165) is 30.1 Å². The molecule has 2 bridgehead atoms. The summed E-state index contributed by atoms with van der Waals surface area (Å²) in [5.41, 5.74) is 1.25. The minimum atomic E-state index is 0. The molecule has 5 heteroatoms. The molecule has 0 aromatic heterocycles. The van der Waals surface area contributed by atoms with Gasteiger partial charge in [-0.25, -0.2) is 0 Å². The van der Waals surface area contributed by atoms with Crippen molar-refractivity contribution >= 4 is 12.4 Å². The molecule has 1 N–H and O–H groups in total. The first-order chi connectivity index (χ1) is 10.2. The van der Waals surface area contributed by atoms with Crippen molar-refractivity contribution in [2.45, 2.75) is 50.4 Å². The van der Waals surface area contributed by atoms with E-state index in [0.29, 0.717) is 6.04 Å². The number of hydrogen-bond donors (Lipinski definition) is 1. The SMILES string of the molecule is COc1cc(CN(C)C2CC3CCC(C2)N3)cc(OC)c1.Cl. The maximum Gasteiger partial charge on any atom is 0.122 e. The number of ether oxygens (including phenoxy) is 2. The van der Waals surface area contributed by atoms with Crippen LogP contribution in [0, 0.1) is 0 Å². The van der Waals surface area contributed by atoms with Crippen LogP contribution in [0.1, 0.15) is 31.2 Å². The largest absolute Gasteiger partial charge is 0.497 e. The number of rotatable bonds is 5. The summed E-state index contributed by atoms with van der Waals surface area (Å²) in [5.74, 6) is 1.73. The fourth-order valence-electron chi connectivity index (χ4n) is 3.76. The predicted molar refractivity (Wildman–Crippen MR) is 91.2 cm³/mol. The molecule has 0 radical (unpaired) electrons. The first kappa shape index (κ1) is 17.4. The number of nitrogens with one attached hydrogen (secondary N) is 1. The van der Waals surface area contributed by atoms with Crippen LogP contribution in [0.4, 0.5) is 0 Å². The molecule has 4 nitrogen and oxygen atoms in total. The Balaban J connectivity index is 0.00000176. The third-order valence-corrected chi connectivity index (χ3v) is 4.91. The van der Waals surface area contributed by atoms with Crippen molar-refractivity contribution < 1.29 is 9.47 Å². The van der Waals surface area contributed by atoms with Gasteiger partial charge in [0.15, 0.2) is 0 Å². The normalized spacial score (nSPS) is 26.6. The van der Waals surface area contributed by atoms with Crippen molar-refractivity contribution in [3.8, 4) is 11.5 Å². The smallest absolute Gasteiger partial charge is 0.122 e. The molecule has 2 unspecified atom stereocenters. The Bertz CT molecular complexity index is 463. The van der Waals surface area contributed by atoms with Gasteiger partial charge in [0.25, 0.3) is 0 Å². The van der Waals surface area contributed by atoms with E-state index >= 15 is 0 Å². The maximum absolute atomic E-state index is 5.36. The fraction of sp³-hybridized carbons (Fsp3) is 0.647. The van der Waals surface area contributed by atoms with E-state index in [1.807, 2.05) is 6.07 Å². The molecule has 3 rings (SSSR count). The summed E-state index contributed by atoms with van der Waals surface area (Å²) in [6.45, 7) is 0.942. The number of hydrogen-bond acceptors (Lipinski definition) is 4. The number of nitrogens with zero attached hydrogens (tertiary/aromatic N) is 1. The maximum atomic E-state index is 5.36. The van der Waals surface area contributed by atoms with E-state index in [-0.39, 0.29) is 12.4 Å². The topological polar surface area (TPSA) is 33.7 Å². The average molecular weight is 327 g/mol. The highest BCUT2D eigenvalue weighted by Crippen LogP contribution is 2.30. The molecular weight excluding hydrogens is 300 g/mol. The standard InChI is InChI=1S/C17H26N2O2.ClH/c1-19(15-8-13-4-5-14(9-15)18-13)11-12-6-16(20-2)10-17(7-12)21-3;/h6-7,10,13-15,18H,4-5,8-9,11H2,1-3H3;1H. The zero-order valence-corrected chi connectivity index (χ0v) is 14.5. The van der Waals surface area contributed by atoms with Gasteiger partial charge in [-0.2, -0.15) is 0 Å². The molecule has 2 saturated heterocycles. The molecule has 124 valence electrons. The van der Waals surface area contributed by atoms with Crippen LogP contribution in [-0.2, 0) is 6.54 Å². The van der Waals surface area contributed by atoms with Crippen LogP contribution in [0.25, 0.3) is 0 Å². The second-order valence-electron chi connectivity index (χ2n) is 6.40. The van der Waals surface area contributed by atoms with Gasteiger partial charge in [0.05, 0.1) is 14.2 Å². The van der Waals surface area contributed by atoms with Gasteiger partial charge in [-0.3, -0.25) is 4.90 Å². The molecule has 2 aliphatic rings. The Labute approximate surface area is 139 Å². The molecule has 2 atom stereocenters. The van der Waals surface area contributed by atoms with Crippen LogP contribution in [0.2, 0.25) is 0 Å². The molecule has 1 aromatic rings. The summed E-state index contributed by atoms with van der Waals surface area (Å²) in [4.78, 5) is 2.49. The van der Waals surface area contributed by atoms with Crippen LogP contribution in [0.15, 0.2) is 18.2 Å². The first-order valence-electron chi connectivity index (χ1n) is 7.86. The van der Waals surface area contributed by atoms with Gasteiger partial charge >= 0.3 is 0 Å². The van der Waals surface area contributed by atoms with Crippen molar-refractivity contribution in [3.05, 3.63) is 23.8 Å². The summed E-state index contributed by atoms with van der Waals surface area (Å²) >= 11 is 0. The van der Waals surface area contributed by atoms with E-state index in [4.69, 9.17) is 9.47 Å². The molecule has 2 heterocycles. The summed E-state index contributed by atoms with van der Waals surface area (Å²) in [6, 6.07) is 8.28. The molecule has 0 aliphatic carbocycles. The monoisotopic (exact) mass is 326 g/mol. The van der Waals surface area contributed by atoms with E-state index in [1.54, 1.807) is 14.2 Å².